The molecule has 1 heterocycles. The largest absolute Gasteiger partial charge is 0.481 e. The molecule has 0 aromatic carbocycles. The number of aliphatic carboxylic acids is 1. The highest BCUT2D eigenvalue weighted by atomic mass is 16.4. The number of allylic oxidation sites excluding steroid dienone is 2. The van der Waals surface area contributed by atoms with Crippen molar-refractivity contribution in [2.75, 3.05) is 0 Å². The van der Waals surface area contributed by atoms with Crippen LogP contribution in [0.2, 0.25) is 0 Å². The van der Waals surface area contributed by atoms with E-state index >= 15 is 0 Å². The summed E-state index contributed by atoms with van der Waals surface area (Å²) in [6.07, 6.45) is 3.00. The molecule has 3 N–H and O–H groups in total. The summed E-state index contributed by atoms with van der Waals surface area (Å²) in [5.74, 6) is -3.00. The van der Waals surface area contributed by atoms with Crippen molar-refractivity contribution in [3.63, 3.8) is 0 Å². The molecule has 134 valence electrons. The van der Waals surface area contributed by atoms with Crippen LogP contribution in [0.15, 0.2) is 27.9 Å². The van der Waals surface area contributed by atoms with Gasteiger partial charge in [-0.1, -0.05) is 11.1 Å². The number of carbonyl (C=O) groups is 3. The van der Waals surface area contributed by atoms with Gasteiger partial charge in [0.1, 0.15) is 5.76 Å². The van der Waals surface area contributed by atoms with Crippen LogP contribution >= 0.6 is 0 Å². The number of furan rings is 1. The van der Waals surface area contributed by atoms with Gasteiger partial charge in [-0.15, -0.1) is 0 Å². The SMILES string of the molecule is CC(C)=C1C2CCC1C(C(=O)NNC(=O)c1ccoc1C)C2C(=O)O. The standard InChI is InChI=1S/C18H22N2O5/c1-8(2)13-11-4-5-12(13)15(18(23)24)14(11)17(22)20-19-16(21)10-6-7-25-9(10)3/h6-7,11-12,14-15H,4-5H2,1-3H3,(H,19,21)(H,20,22)(H,23,24). The quantitative estimate of drug-likeness (QED) is 0.573. The highest BCUT2D eigenvalue weighted by molar-refractivity contribution is 5.97. The Morgan fingerprint density at radius 3 is 2.28 bits per heavy atom. The molecule has 3 rings (SSSR count). The number of aryl methyl sites for hydroxylation is 1. The summed E-state index contributed by atoms with van der Waals surface area (Å²) in [6, 6.07) is 1.51. The van der Waals surface area contributed by atoms with Crippen LogP contribution in [-0.2, 0) is 9.59 Å². The molecule has 25 heavy (non-hydrogen) atoms. The van der Waals surface area contributed by atoms with Gasteiger partial charge in [0.05, 0.1) is 23.7 Å². The van der Waals surface area contributed by atoms with E-state index in [2.05, 4.69) is 10.9 Å². The summed E-state index contributed by atoms with van der Waals surface area (Å²) < 4.78 is 5.06. The second-order valence-corrected chi connectivity index (χ2v) is 6.97. The molecule has 4 unspecified atom stereocenters. The summed E-state index contributed by atoms with van der Waals surface area (Å²) in [5.41, 5.74) is 7.28. The van der Waals surface area contributed by atoms with Gasteiger partial charge in [-0.05, 0) is 51.5 Å². The molecule has 0 spiro atoms. The van der Waals surface area contributed by atoms with Crippen molar-refractivity contribution in [1.82, 2.24) is 10.9 Å². The fraction of sp³-hybridized carbons (Fsp3) is 0.500. The summed E-state index contributed by atoms with van der Waals surface area (Å²) in [6.45, 7) is 5.57. The Morgan fingerprint density at radius 2 is 1.76 bits per heavy atom. The molecule has 2 aliphatic rings. The number of fused-ring (bicyclic) bond motifs is 2. The summed E-state index contributed by atoms with van der Waals surface area (Å²) in [4.78, 5) is 36.5. The number of hydrazine groups is 1. The van der Waals surface area contributed by atoms with E-state index in [-0.39, 0.29) is 11.8 Å². The molecule has 2 amide bonds. The lowest BCUT2D eigenvalue weighted by molar-refractivity contribution is -0.149. The molecule has 1 aromatic rings. The lowest BCUT2D eigenvalue weighted by Crippen LogP contribution is -2.48. The zero-order chi connectivity index (χ0) is 18.3. The fourth-order valence-electron chi connectivity index (χ4n) is 4.49. The molecule has 2 aliphatic carbocycles. The van der Waals surface area contributed by atoms with Crippen LogP contribution < -0.4 is 10.9 Å². The minimum atomic E-state index is -0.955. The van der Waals surface area contributed by atoms with Crippen molar-refractivity contribution < 1.29 is 23.9 Å². The number of hydrogen-bond acceptors (Lipinski definition) is 4. The predicted molar refractivity (Wildman–Crippen MR) is 88.3 cm³/mol. The van der Waals surface area contributed by atoms with Gasteiger partial charge in [-0.3, -0.25) is 25.2 Å². The van der Waals surface area contributed by atoms with Gasteiger partial charge in [0.15, 0.2) is 0 Å². The highest BCUT2D eigenvalue weighted by Gasteiger charge is 2.57. The Labute approximate surface area is 145 Å². The molecule has 4 atom stereocenters. The maximum absolute atomic E-state index is 12.6. The van der Waals surface area contributed by atoms with E-state index in [1.165, 1.54) is 12.3 Å². The molecule has 7 nitrogen and oxygen atoms in total. The van der Waals surface area contributed by atoms with E-state index in [1.54, 1.807) is 6.92 Å². The topological polar surface area (TPSA) is 109 Å². The first-order valence-corrected chi connectivity index (χ1v) is 8.37. The lowest BCUT2D eigenvalue weighted by atomic mass is 9.79. The van der Waals surface area contributed by atoms with Gasteiger partial charge >= 0.3 is 5.97 Å². The Bertz CT molecular complexity index is 759. The third-order valence-electron chi connectivity index (χ3n) is 5.41. The molecule has 7 heteroatoms. The van der Waals surface area contributed by atoms with Gasteiger partial charge < -0.3 is 9.52 Å². The molecular weight excluding hydrogens is 324 g/mol. The van der Waals surface area contributed by atoms with E-state index in [4.69, 9.17) is 4.42 Å². The van der Waals surface area contributed by atoms with Crippen molar-refractivity contribution in [2.45, 2.75) is 33.6 Å². The number of nitrogens with one attached hydrogen (secondary N) is 2. The molecular formula is C18H22N2O5. The Kier molecular flexibility index (Phi) is 4.41. The molecule has 0 saturated heterocycles. The van der Waals surface area contributed by atoms with E-state index < -0.39 is 29.6 Å². The third-order valence-corrected chi connectivity index (χ3v) is 5.41. The van der Waals surface area contributed by atoms with Crippen molar-refractivity contribution in [2.24, 2.45) is 23.7 Å². The monoisotopic (exact) mass is 346 g/mol. The number of rotatable bonds is 3. The van der Waals surface area contributed by atoms with Crippen LogP contribution in [0.3, 0.4) is 0 Å². The smallest absolute Gasteiger partial charge is 0.307 e. The second-order valence-electron chi connectivity index (χ2n) is 6.97. The van der Waals surface area contributed by atoms with Crippen molar-refractivity contribution in [3.05, 3.63) is 34.8 Å². The molecule has 0 radical (unpaired) electrons. The van der Waals surface area contributed by atoms with E-state index in [9.17, 15) is 19.5 Å². The van der Waals surface area contributed by atoms with Gasteiger partial charge in [0, 0.05) is 0 Å². The number of carboxylic acids is 1. The van der Waals surface area contributed by atoms with E-state index in [1.807, 2.05) is 13.8 Å². The molecule has 0 aliphatic heterocycles. The van der Waals surface area contributed by atoms with Crippen molar-refractivity contribution >= 4 is 17.8 Å². The van der Waals surface area contributed by atoms with Crippen LogP contribution in [0.4, 0.5) is 0 Å². The lowest BCUT2D eigenvalue weighted by Gasteiger charge is -2.26. The zero-order valence-electron chi connectivity index (χ0n) is 14.5. The highest BCUT2D eigenvalue weighted by Crippen LogP contribution is 2.57. The maximum Gasteiger partial charge on any atom is 0.307 e. The first-order chi connectivity index (χ1) is 11.8. The molecule has 2 bridgehead atoms. The fourth-order valence-corrected chi connectivity index (χ4v) is 4.49. The van der Waals surface area contributed by atoms with Crippen molar-refractivity contribution in [3.8, 4) is 0 Å². The first kappa shape index (κ1) is 17.3. The minimum absolute atomic E-state index is 0.0661. The van der Waals surface area contributed by atoms with Gasteiger partial charge in [0.25, 0.3) is 5.91 Å². The summed E-state index contributed by atoms with van der Waals surface area (Å²) in [5, 5.41) is 9.62. The number of carboxylic acid groups (broad SMARTS) is 1. The van der Waals surface area contributed by atoms with Crippen LogP contribution in [0, 0.1) is 30.6 Å². The van der Waals surface area contributed by atoms with Gasteiger partial charge in [-0.2, -0.15) is 0 Å². The first-order valence-electron chi connectivity index (χ1n) is 8.37. The number of amides is 2. The Morgan fingerprint density at radius 1 is 1.12 bits per heavy atom. The van der Waals surface area contributed by atoms with E-state index in [0.717, 1.165) is 24.0 Å². The Hall–Kier alpha value is -2.57. The summed E-state index contributed by atoms with van der Waals surface area (Å²) in [7, 11) is 0. The van der Waals surface area contributed by atoms with Crippen molar-refractivity contribution in [1.29, 1.82) is 0 Å². The molecule has 2 fully saturated rings. The van der Waals surface area contributed by atoms with Crippen LogP contribution in [0.25, 0.3) is 0 Å². The number of carbonyl (C=O) groups excluding carboxylic acids is 2. The summed E-state index contributed by atoms with van der Waals surface area (Å²) >= 11 is 0. The third kappa shape index (κ3) is 2.83. The normalized spacial score (nSPS) is 27.2. The molecule has 1 aromatic heterocycles. The van der Waals surface area contributed by atoms with Gasteiger partial charge in [-0.25, -0.2) is 0 Å². The van der Waals surface area contributed by atoms with Gasteiger partial charge in [0.2, 0.25) is 5.91 Å². The second kappa shape index (κ2) is 6.38. The zero-order valence-corrected chi connectivity index (χ0v) is 14.5. The number of hydrogen-bond donors (Lipinski definition) is 3. The molecule has 2 saturated carbocycles. The Balaban J connectivity index is 1.75. The predicted octanol–water partition coefficient (Wildman–Crippen LogP) is 2.04. The maximum atomic E-state index is 12.6. The average Bonchev–Trinajstić information content (AvgIpc) is 3.24. The van der Waals surface area contributed by atoms with Crippen LogP contribution in [-0.4, -0.2) is 22.9 Å². The average molecular weight is 346 g/mol. The van der Waals surface area contributed by atoms with E-state index in [0.29, 0.717) is 11.3 Å². The minimum Gasteiger partial charge on any atom is -0.481 e. The van der Waals surface area contributed by atoms with Crippen LogP contribution in [0.1, 0.15) is 42.8 Å². The van der Waals surface area contributed by atoms with Crippen LogP contribution in [0.5, 0.6) is 0 Å².